The lowest BCUT2D eigenvalue weighted by molar-refractivity contribution is 0.158. The smallest absolute Gasteiger partial charge is 0.410 e. The third-order valence-corrected chi connectivity index (χ3v) is 6.90. The summed E-state index contributed by atoms with van der Waals surface area (Å²) < 4.78 is 29.2. The Morgan fingerprint density at radius 3 is 2.50 bits per heavy atom. The lowest BCUT2D eigenvalue weighted by Gasteiger charge is -2.26. The number of carbonyl (C=O) groups excluding carboxylic acids is 1. The second kappa shape index (κ2) is 7.26. The summed E-state index contributed by atoms with van der Waals surface area (Å²) in [6.07, 6.45) is 0.0116. The van der Waals surface area contributed by atoms with E-state index >= 15 is 0 Å². The van der Waals surface area contributed by atoms with Gasteiger partial charge in [0.15, 0.2) is 0 Å². The minimum absolute atomic E-state index is 0.0113. The van der Waals surface area contributed by atoms with Crippen LogP contribution in [0.4, 0.5) is 4.79 Å². The van der Waals surface area contributed by atoms with Crippen LogP contribution in [0.2, 0.25) is 0 Å². The molecule has 2 fully saturated rings. The third kappa shape index (κ3) is 3.37. The number of rotatable bonds is 7. The van der Waals surface area contributed by atoms with E-state index in [4.69, 9.17) is 13.8 Å². The molecule has 0 spiro atoms. The molecule has 2 heterocycles. The lowest BCUT2D eigenvalue weighted by Crippen LogP contribution is -2.32. The maximum atomic E-state index is 13.0. The molecule has 3 rings (SSSR count). The van der Waals surface area contributed by atoms with Crippen LogP contribution in [0.15, 0.2) is 30.3 Å². The first-order valence-corrected chi connectivity index (χ1v) is 10.2. The first-order valence-electron chi connectivity index (χ1n) is 8.44. The molecule has 7 heteroatoms. The molecular formula is C17H24NO5P. The summed E-state index contributed by atoms with van der Waals surface area (Å²) in [6.45, 7) is 5.21. The number of benzene rings is 1. The standard InChI is InChI=1S/C17H24NO5P/c1-3-22-24(20,23-4-2)12-15-14(13-8-6-5-7-9-13)10-18-16(15)11-21-17(18)19/h5-9,14-16H,3-4,10-12H2,1-2H3/t14-,15-,16-/m0/s1. The van der Waals surface area contributed by atoms with Gasteiger partial charge in [0.25, 0.3) is 0 Å². The van der Waals surface area contributed by atoms with E-state index in [2.05, 4.69) is 12.1 Å². The number of carbonyl (C=O) groups is 1. The fraction of sp³-hybridized carbons (Fsp3) is 0.588. The molecule has 0 saturated carbocycles. The molecule has 1 aromatic carbocycles. The molecule has 2 aliphatic rings. The van der Waals surface area contributed by atoms with E-state index in [-0.39, 0.29) is 24.0 Å². The number of amides is 1. The Hall–Kier alpha value is -1.36. The summed E-state index contributed by atoms with van der Waals surface area (Å²) >= 11 is 0. The Bertz CT molecular complexity index is 613. The second-order valence-corrected chi connectivity index (χ2v) is 8.21. The van der Waals surface area contributed by atoms with Crippen LogP contribution in [0.5, 0.6) is 0 Å². The van der Waals surface area contributed by atoms with E-state index < -0.39 is 7.60 Å². The molecule has 24 heavy (non-hydrogen) atoms. The van der Waals surface area contributed by atoms with Crippen molar-refractivity contribution in [2.75, 3.05) is 32.5 Å². The average Bonchev–Trinajstić information content (AvgIpc) is 3.10. The van der Waals surface area contributed by atoms with E-state index in [1.165, 1.54) is 0 Å². The summed E-state index contributed by atoms with van der Waals surface area (Å²) in [5.74, 6) is 0.0982. The zero-order valence-electron chi connectivity index (χ0n) is 14.1. The molecule has 2 aliphatic heterocycles. The predicted octanol–water partition coefficient (Wildman–Crippen LogP) is 3.49. The topological polar surface area (TPSA) is 65.1 Å². The Labute approximate surface area is 142 Å². The molecule has 0 aliphatic carbocycles. The summed E-state index contributed by atoms with van der Waals surface area (Å²) in [4.78, 5) is 13.7. The van der Waals surface area contributed by atoms with Crippen LogP contribution in [0.1, 0.15) is 25.3 Å². The largest absolute Gasteiger partial charge is 0.447 e. The number of ether oxygens (including phenoxy) is 1. The maximum Gasteiger partial charge on any atom is 0.410 e. The number of hydrogen-bond donors (Lipinski definition) is 0. The van der Waals surface area contributed by atoms with Crippen LogP contribution in [0, 0.1) is 5.92 Å². The molecule has 1 amide bonds. The van der Waals surface area contributed by atoms with Gasteiger partial charge in [-0.3, -0.25) is 4.57 Å². The summed E-state index contributed by atoms with van der Waals surface area (Å²) in [7, 11) is -3.19. The van der Waals surface area contributed by atoms with Crippen LogP contribution >= 0.6 is 7.60 Å². The van der Waals surface area contributed by atoms with Crippen molar-refractivity contribution < 1.29 is 23.1 Å². The Morgan fingerprint density at radius 1 is 1.21 bits per heavy atom. The highest BCUT2D eigenvalue weighted by Gasteiger charge is 2.51. The molecule has 132 valence electrons. The average molecular weight is 353 g/mol. The van der Waals surface area contributed by atoms with Gasteiger partial charge in [-0.1, -0.05) is 30.3 Å². The second-order valence-electron chi connectivity index (χ2n) is 6.11. The summed E-state index contributed by atoms with van der Waals surface area (Å²) in [6, 6.07) is 9.97. The minimum atomic E-state index is -3.19. The number of cyclic esters (lactones) is 1. The van der Waals surface area contributed by atoms with Gasteiger partial charge >= 0.3 is 13.7 Å². The molecule has 1 aromatic rings. The van der Waals surface area contributed by atoms with Crippen LogP contribution < -0.4 is 0 Å². The van der Waals surface area contributed by atoms with Gasteiger partial charge in [-0.15, -0.1) is 0 Å². The monoisotopic (exact) mass is 353 g/mol. The van der Waals surface area contributed by atoms with Crippen molar-refractivity contribution in [2.24, 2.45) is 5.92 Å². The predicted molar refractivity (Wildman–Crippen MR) is 90.2 cm³/mol. The molecular weight excluding hydrogens is 329 g/mol. The molecule has 0 bridgehead atoms. The Morgan fingerprint density at radius 2 is 1.88 bits per heavy atom. The molecule has 0 N–H and O–H groups in total. The lowest BCUT2D eigenvalue weighted by atomic mass is 9.87. The van der Waals surface area contributed by atoms with Crippen LogP contribution in [0.25, 0.3) is 0 Å². The molecule has 6 nitrogen and oxygen atoms in total. The molecule has 2 saturated heterocycles. The molecule has 3 atom stereocenters. The molecule has 0 aromatic heterocycles. The van der Waals surface area contributed by atoms with Gasteiger partial charge in [0.05, 0.1) is 25.4 Å². The van der Waals surface area contributed by atoms with Gasteiger partial charge in [-0.05, 0) is 19.4 Å². The van der Waals surface area contributed by atoms with E-state index in [1.54, 1.807) is 4.90 Å². The third-order valence-electron chi connectivity index (χ3n) is 4.73. The van der Waals surface area contributed by atoms with Gasteiger partial charge in [0, 0.05) is 18.4 Å². The van der Waals surface area contributed by atoms with Crippen LogP contribution in [-0.4, -0.2) is 49.6 Å². The van der Waals surface area contributed by atoms with E-state index in [0.717, 1.165) is 5.56 Å². The fourth-order valence-corrected chi connectivity index (χ4v) is 5.83. The molecule has 0 unspecified atom stereocenters. The van der Waals surface area contributed by atoms with Crippen LogP contribution in [0.3, 0.4) is 0 Å². The van der Waals surface area contributed by atoms with Gasteiger partial charge in [-0.2, -0.15) is 0 Å². The zero-order valence-corrected chi connectivity index (χ0v) is 15.0. The summed E-state index contributed by atoms with van der Waals surface area (Å²) in [5.41, 5.74) is 1.14. The Balaban J connectivity index is 1.88. The van der Waals surface area contributed by atoms with E-state index in [1.807, 2.05) is 32.0 Å². The van der Waals surface area contributed by atoms with Crippen molar-refractivity contribution in [3.63, 3.8) is 0 Å². The molecule has 0 radical (unpaired) electrons. The number of hydrogen-bond acceptors (Lipinski definition) is 5. The van der Waals surface area contributed by atoms with Gasteiger partial charge in [0.1, 0.15) is 6.61 Å². The van der Waals surface area contributed by atoms with E-state index in [0.29, 0.717) is 32.5 Å². The number of nitrogens with zero attached hydrogens (tertiary/aromatic N) is 1. The van der Waals surface area contributed by atoms with Gasteiger partial charge in [0.2, 0.25) is 0 Å². The van der Waals surface area contributed by atoms with Crippen molar-refractivity contribution in [1.82, 2.24) is 4.90 Å². The Kier molecular flexibility index (Phi) is 5.28. The maximum absolute atomic E-state index is 13.0. The normalized spacial score (nSPS) is 26.5. The highest BCUT2D eigenvalue weighted by Crippen LogP contribution is 2.54. The first kappa shape index (κ1) is 17.5. The van der Waals surface area contributed by atoms with Crippen LogP contribution in [-0.2, 0) is 18.3 Å². The zero-order chi connectivity index (χ0) is 17.2. The van der Waals surface area contributed by atoms with E-state index in [9.17, 15) is 9.36 Å². The van der Waals surface area contributed by atoms with Gasteiger partial charge in [-0.25, -0.2) is 4.79 Å². The van der Waals surface area contributed by atoms with Crippen molar-refractivity contribution in [1.29, 1.82) is 0 Å². The highest BCUT2D eigenvalue weighted by atomic mass is 31.2. The SMILES string of the molecule is CCOP(=O)(C[C@H]1[C@H](c2ccccc2)CN2C(=O)OC[C@@H]12)OCC. The van der Waals surface area contributed by atoms with Crippen molar-refractivity contribution >= 4 is 13.7 Å². The van der Waals surface area contributed by atoms with Crippen molar-refractivity contribution in [3.8, 4) is 0 Å². The summed E-state index contributed by atoms with van der Waals surface area (Å²) in [5, 5.41) is 0. The quantitative estimate of drug-likeness (QED) is 0.702. The fourth-order valence-electron chi connectivity index (χ4n) is 3.74. The number of fused-ring (bicyclic) bond motifs is 1. The van der Waals surface area contributed by atoms with Gasteiger partial charge < -0.3 is 18.7 Å². The highest BCUT2D eigenvalue weighted by molar-refractivity contribution is 7.53. The van der Waals surface area contributed by atoms with Crippen molar-refractivity contribution in [2.45, 2.75) is 25.8 Å². The minimum Gasteiger partial charge on any atom is -0.447 e. The van der Waals surface area contributed by atoms with Crippen molar-refractivity contribution in [3.05, 3.63) is 35.9 Å². The first-order chi connectivity index (χ1) is 11.6.